The minimum Gasteiger partial charge on any atom is -0.508 e. The zero-order valence-corrected chi connectivity index (χ0v) is 11.8. The number of hydrogen-bond donors (Lipinski definition) is 3. The van der Waals surface area contributed by atoms with Gasteiger partial charge in [-0.05, 0) is 42.7 Å². The van der Waals surface area contributed by atoms with Crippen LogP contribution in [-0.2, 0) is 13.0 Å². The topological polar surface area (TPSA) is 52.5 Å². The van der Waals surface area contributed by atoms with E-state index >= 15 is 0 Å². The fraction of sp³-hybridized carbons (Fsp3) is 0.294. The molecule has 3 nitrogen and oxygen atoms in total. The Morgan fingerprint density at radius 1 is 1.00 bits per heavy atom. The third-order valence-corrected chi connectivity index (χ3v) is 3.32. The number of nitrogens with one attached hydrogen (secondary N) is 1. The molecule has 3 heteroatoms. The monoisotopic (exact) mass is 271 g/mol. The molecule has 0 aromatic heterocycles. The molecule has 0 fully saturated rings. The number of phenols is 2. The number of hydrogen-bond acceptors (Lipinski definition) is 3. The molecule has 0 atom stereocenters. The number of benzene rings is 2. The van der Waals surface area contributed by atoms with Gasteiger partial charge in [-0.3, -0.25) is 0 Å². The normalized spacial score (nSPS) is 10.4. The Morgan fingerprint density at radius 2 is 1.75 bits per heavy atom. The van der Waals surface area contributed by atoms with Gasteiger partial charge in [0.15, 0.2) is 0 Å². The fourth-order valence-electron chi connectivity index (χ4n) is 2.07. The first kappa shape index (κ1) is 14.3. The summed E-state index contributed by atoms with van der Waals surface area (Å²) in [5, 5.41) is 22.2. The molecule has 0 aliphatic heterocycles. The van der Waals surface area contributed by atoms with E-state index in [1.807, 2.05) is 0 Å². The maximum atomic E-state index is 9.71. The Balaban J connectivity index is 1.93. The van der Waals surface area contributed by atoms with Crippen molar-refractivity contribution in [1.82, 2.24) is 0 Å². The van der Waals surface area contributed by atoms with E-state index < -0.39 is 0 Å². The lowest BCUT2D eigenvalue weighted by Gasteiger charge is -2.09. The van der Waals surface area contributed by atoms with Gasteiger partial charge in [-0.15, -0.1) is 0 Å². The summed E-state index contributed by atoms with van der Waals surface area (Å²) >= 11 is 0. The van der Waals surface area contributed by atoms with Gasteiger partial charge in [0.25, 0.3) is 0 Å². The van der Waals surface area contributed by atoms with Gasteiger partial charge in [-0.25, -0.2) is 0 Å². The molecule has 0 heterocycles. The van der Waals surface area contributed by atoms with Crippen LogP contribution in [0.2, 0.25) is 0 Å². The standard InChI is InChI=1S/C17H21NO2/c1-2-3-4-13-5-8-15(9-6-13)18-12-14-7-10-16(19)11-17(14)20/h5-11,18-20H,2-4,12H2,1H3. The Labute approximate surface area is 119 Å². The Morgan fingerprint density at radius 3 is 2.40 bits per heavy atom. The first-order valence-corrected chi connectivity index (χ1v) is 7.02. The molecule has 0 aliphatic rings. The van der Waals surface area contributed by atoms with E-state index in [0.717, 1.165) is 17.7 Å². The van der Waals surface area contributed by atoms with E-state index in [1.54, 1.807) is 12.1 Å². The molecule has 106 valence electrons. The molecule has 20 heavy (non-hydrogen) atoms. The lowest BCUT2D eigenvalue weighted by Crippen LogP contribution is -1.99. The average Bonchev–Trinajstić information content (AvgIpc) is 2.45. The van der Waals surface area contributed by atoms with E-state index in [-0.39, 0.29) is 11.5 Å². The van der Waals surface area contributed by atoms with Gasteiger partial charge in [0, 0.05) is 23.9 Å². The number of aryl methyl sites for hydroxylation is 1. The van der Waals surface area contributed by atoms with Gasteiger partial charge in [0.2, 0.25) is 0 Å². The second-order valence-corrected chi connectivity index (χ2v) is 4.97. The van der Waals surface area contributed by atoms with Crippen LogP contribution in [0, 0.1) is 0 Å². The Bertz CT molecular complexity index is 549. The first-order chi connectivity index (χ1) is 9.69. The lowest BCUT2D eigenvalue weighted by atomic mass is 10.1. The van der Waals surface area contributed by atoms with Crippen molar-refractivity contribution in [2.75, 3.05) is 5.32 Å². The zero-order chi connectivity index (χ0) is 14.4. The van der Waals surface area contributed by atoms with Crippen LogP contribution >= 0.6 is 0 Å². The SMILES string of the molecule is CCCCc1ccc(NCc2ccc(O)cc2O)cc1. The number of unbranched alkanes of at least 4 members (excludes halogenated alkanes) is 1. The summed E-state index contributed by atoms with van der Waals surface area (Å²) in [7, 11) is 0. The molecule has 0 radical (unpaired) electrons. The highest BCUT2D eigenvalue weighted by Gasteiger charge is 2.02. The molecule has 2 aromatic carbocycles. The molecular formula is C17H21NO2. The molecule has 0 saturated heterocycles. The molecule has 0 amide bonds. The second kappa shape index (κ2) is 6.85. The third-order valence-electron chi connectivity index (χ3n) is 3.32. The van der Waals surface area contributed by atoms with E-state index in [1.165, 1.54) is 24.5 Å². The minimum absolute atomic E-state index is 0.0755. The molecule has 0 spiro atoms. The van der Waals surface area contributed by atoms with Crippen molar-refractivity contribution in [2.45, 2.75) is 32.7 Å². The van der Waals surface area contributed by atoms with E-state index in [4.69, 9.17) is 0 Å². The summed E-state index contributed by atoms with van der Waals surface area (Å²) in [6.07, 6.45) is 3.55. The predicted molar refractivity (Wildman–Crippen MR) is 82.2 cm³/mol. The van der Waals surface area contributed by atoms with Crippen molar-refractivity contribution in [3.63, 3.8) is 0 Å². The number of anilines is 1. The molecule has 3 N–H and O–H groups in total. The quantitative estimate of drug-likeness (QED) is 0.743. The van der Waals surface area contributed by atoms with Gasteiger partial charge < -0.3 is 15.5 Å². The van der Waals surface area contributed by atoms with Gasteiger partial charge >= 0.3 is 0 Å². The second-order valence-electron chi connectivity index (χ2n) is 4.97. The largest absolute Gasteiger partial charge is 0.508 e. The summed E-state index contributed by atoms with van der Waals surface area (Å²) in [5.41, 5.74) is 3.14. The summed E-state index contributed by atoms with van der Waals surface area (Å²) in [4.78, 5) is 0. The molecular weight excluding hydrogens is 250 g/mol. The van der Waals surface area contributed by atoms with Crippen LogP contribution in [0.3, 0.4) is 0 Å². The van der Waals surface area contributed by atoms with Crippen LogP contribution in [0.25, 0.3) is 0 Å². The summed E-state index contributed by atoms with van der Waals surface area (Å²) in [6.45, 7) is 2.72. The fourth-order valence-corrected chi connectivity index (χ4v) is 2.07. The van der Waals surface area contributed by atoms with Crippen LogP contribution in [0.15, 0.2) is 42.5 Å². The first-order valence-electron chi connectivity index (χ1n) is 7.02. The van der Waals surface area contributed by atoms with E-state index in [2.05, 4.69) is 36.5 Å². The maximum absolute atomic E-state index is 9.71. The molecule has 0 bridgehead atoms. The van der Waals surface area contributed by atoms with Gasteiger partial charge in [-0.2, -0.15) is 0 Å². The van der Waals surface area contributed by atoms with Gasteiger partial charge in [0.1, 0.15) is 11.5 Å². The zero-order valence-electron chi connectivity index (χ0n) is 11.8. The Kier molecular flexibility index (Phi) is 4.88. The van der Waals surface area contributed by atoms with Crippen LogP contribution in [0.1, 0.15) is 30.9 Å². The van der Waals surface area contributed by atoms with E-state index in [0.29, 0.717) is 6.54 Å². The predicted octanol–water partition coefficient (Wildman–Crippen LogP) is 4.05. The van der Waals surface area contributed by atoms with Gasteiger partial charge in [0.05, 0.1) is 0 Å². The average molecular weight is 271 g/mol. The maximum Gasteiger partial charge on any atom is 0.124 e. The van der Waals surface area contributed by atoms with Gasteiger partial charge in [-0.1, -0.05) is 25.5 Å². The van der Waals surface area contributed by atoms with Crippen molar-refractivity contribution >= 4 is 5.69 Å². The summed E-state index contributed by atoms with van der Waals surface area (Å²) in [6, 6.07) is 13.0. The number of rotatable bonds is 6. The Hall–Kier alpha value is -2.16. The smallest absolute Gasteiger partial charge is 0.124 e. The van der Waals surface area contributed by atoms with Crippen LogP contribution in [-0.4, -0.2) is 10.2 Å². The van der Waals surface area contributed by atoms with Crippen molar-refractivity contribution in [3.8, 4) is 11.5 Å². The molecule has 2 aromatic rings. The highest BCUT2D eigenvalue weighted by Crippen LogP contribution is 2.23. The highest BCUT2D eigenvalue weighted by molar-refractivity contribution is 5.47. The molecule has 2 rings (SSSR count). The van der Waals surface area contributed by atoms with Crippen molar-refractivity contribution in [3.05, 3.63) is 53.6 Å². The van der Waals surface area contributed by atoms with Crippen LogP contribution < -0.4 is 5.32 Å². The van der Waals surface area contributed by atoms with Crippen molar-refractivity contribution < 1.29 is 10.2 Å². The minimum atomic E-state index is 0.0755. The van der Waals surface area contributed by atoms with Crippen LogP contribution in [0.5, 0.6) is 11.5 Å². The molecule has 0 aliphatic carbocycles. The summed E-state index contributed by atoms with van der Waals surface area (Å²) in [5.74, 6) is 0.184. The van der Waals surface area contributed by atoms with Crippen molar-refractivity contribution in [1.29, 1.82) is 0 Å². The van der Waals surface area contributed by atoms with Crippen LogP contribution in [0.4, 0.5) is 5.69 Å². The molecule has 0 saturated carbocycles. The summed E-state index contributed by atoms with van der Waals surface area (Å²) < 4.78 is 0. The van der Waals surface area contributed by atoms with E-state index in [9.17, 15) is 10.2 Å². The lowest BCUT2D eigenvalue weighted by molar-refractivity contribution is 0.446. The number of phenolic OH excluding ortho intramolecular Hbond substituents is 2. The van der Waals surface area contributed by atoms with Crippen molar-refractivity contribution in [2.24, 2.45) is 0 Å². The molecule has 0 unspecified atom stereocenters. The highest BCUT2D eigenvalue weighted by atomic mass is 16.3. The third kappa shape index (κ3) is 3.92. The number of aromatic hydroxyl groups is 2.